The second-order valence-corrected chi connectivity index (χ2v) is 3.15. The number of carbonyl (C=O) groups is 1. The van der Waals surface area contributed by atoms with Gasteiger partial charge in [-0.05, 0) is 13.8 Å². The van der Waals surface area contributed by atoms with E-state index in [4.69, 9.17) is 5.73 Å². The van der Waals surface area contributed by atoms with Gasteiger partial charge in [0, 0.05) is 6.42 Å². The summed E-state index contributed by atoms with van der Waals surface area (Å²) in [5, 5.41) is 9.24. The molecule has 0 rings (SSSR count). The van der Waals surface area contributed by atoms with Gasteiger partial charge in [-0.25, -0.2) is 0 Å². The van der Waals surface area contributed by atoms with E-state index in [2.05, 4.69) is 4.74 Å². The van der Waals surface area contributed by atoms with E-state index < -0.39 is 17.6 Å². The summed E-state index contributed by atoms with van der Waals surface area (Å²) in [5.41, 5.74) is 4.46. The summed E-state index contributed by atoms with van der Waals surface area (Å²) in [7, 11) is 1.27. The first-order valence-corrected chi connectivity index (χ1v) is 3.42. The van der Waals surface area contributed by atoms with Gasteiger partial charge in [0.1, 0.15) is 6.04 Å². The van der Waals surface area contributed by atoms with Crippen LogP contribution in [0.5, 0.6) is 0 Å². The second-order valence-electron chi connectivity index (χ2n) is 3.15. The molecular weight excluding hydrogens is 146 g/mol. The Morgan fingerprint density at radius 3 is 2.45 bits per heavy atom. The molecule has 0 fully saturated rings. The van der Waals surface area contributed by atoms with Crippen LogP contribution in [0, 0.1) is 0 Å². The van der Waals surface area contributed by atoms with E-state index in [-0.39, 0.29) is 6.42 Å². The number of hydrogen-bond donors (Lipinski definition) is 2. The molecule has 0 amide bonds. The predicted molar refractivity (Wildman–Crippen MR) is 40.9 cm³/mol. The summed E-state index contributed by atoms with van der Waals surface area (Å²) in [4.78, 5) is 10.7. The largest absolute Gasteiger partial charge is 0.468 e. The smallest absolute Gasteiger partial charge is 0.322 e. The number of carbonyl (C=O) groups excluding carboxylic acids is 1. The number of rotatable bonds is 3. The lowest BCUT2D eigenvalue weighted by Gasteiger charge is -2.19. The molecule has 0 aliphatic rings. The molecule has 0 aliphatic carbocycles. The summed E-state index contributed by atoms with van der Waals surface area (Å²) in [6.07, 6.45) is 0.208. The Kier molecular flexibility index (Phi) is 3.48. The lowest BCUT2D eigenvalue weighted by molar-refractivity contribution is -0.143. The van der Waals surface area contributed by atoms with Crippen LogP contribution in [-0.4, -0.2) is 29.8 Å². The van der Waals surface area contributed by atoms with E-state index >= 15 is 0 Å². The molecule has 0 aliphatic heterocycles. The maximum absolute atomic E-state index is 10.7. The highest BCUT2D eigenvalue weighted by Gasteiger charge is 2.22. The summed E-state index contributed by atoms with van der Waals surface area (Å²) in [6.45, 7) is 3.19. The van der Waals surface area contributed by atoms with Gasteiger partial charge in [0.05, 0.1) is 12.7 Å². The van der Waals surface area contributed by atoms with Crippen molar-refractivity contribution < 1.29 is 14.6 Å². The monoisotopic (exact) mass is 161 g/mol. The van der Waals surface area contributed by atoms with Gasteiger partial charge in [-0.2, -0.15) is 0 Å². The van der Waals surface area contributed by atoms with Crippen molar-refractivity contribution in [1.82, 2.24) is 0 Å². The van der Waals surface area contributed by atoms with Gasteiger partial charge in [-0.15, -0.1) is 0 Å². The molecule has 0 spiro atoms. The number of esters is 1. The lowest BCUT2D eigenvalue weighted by atomic mass is 10.00. The van der Waals surface area contributed by atoms with Gasteiger partial charge >= 0.3 is 5.97 Å². The van der Waals surface area contributed by atoms with Crippen LogP contribution < -0.4 is 5.73 Å². The molecule has 0 saturated carbocycles. The Balaban J connectivity index is 3.87. The zero-order valence-corrected chi connectivity index (χ0v) is 7.13. The van der Waals surface area contributed by atoms with Gasteiger partial charge in [0.25, 0.3) is 0 Å². The molecule has 4 heteroatoms. The van der Waals surface area contributed by atoms with E-state index in [0.717, 1.165) is 0 Å². The van der Waals surface area contributed by atoms with Crippen LogP contribution in [0.3, 0.4) is 0 Å². The van der Waals surface area contributed by atoms with E-state index in [0.29, 0.717) is 0 Å². The summed E-state index contributed by atoms with van der Waals surface area (Å²) < 4.78 is 4.38. The van der Waals surface area contributed by atoms with Crippen molar-refractivity contribution in [2.24, 2.45) is 5.73 Å². The fraction of sp³-hybridized carbons (Fsp3) is 0.857. The first-order valence-electron chi connectivity index (χ1n) is 3.42. The Morgan fingerprint density at radius 2 is 2.18 bits per heavy atom. The first-order chi connectivity index (χ1) is 4.87. The topological polar surface area (TPSA) is 72.5 Å². The highest BCUT2D eigenvalue weighted by Crippen LogP contribution is 2.09. The van der Waals surface area contributed by atoms with Crippen molar-refractivity contribution >= 4 is 5.97 Å². The molecule has 0 aromatic carbocycles. The molecule has 11 heavy (non-hydrogen) atoms. The molecule has 1 unspecified atom stereocenters. The van der Waals surface area contributed by atoms with Gasteiger partial charge in [0.15, 0.2) is 0 Å². The summed E-state index contributed by atoms with van der Waals surface area (Å²) in [6, 6.07) is -0.736. The Labute approximate surface area is 66.3 Å². The van der Waals surface area contributed by atoms with Crippen LogP contribution in [0.4, 0.5) is 0 Å². The Bertz CT molecular complexity index is 139. The van der Waals surface area contributed by atoms with Crippen LogP contribution in [0.15, 0.2) is 0 Å². The zero-order chi connectivity index (χ0) is 9.07. The number of hydrogen-bond acceptors (Lipinski definition) is 4. The number of methoxy groups -OCH3 is 1. The maximum Gasteiger partial charge on any atom is 0.322 e. The van der Waals surface area contributed by atoms with Gasteiger partial charge in [0.2, 0.25) is 0 Å². The minimum Gasteiger partial charge on any atom is -0.468 e. The highest BCUT2D eigenvalue weighted by molar-refractivity contribution is 5.75. The van der Waals surface area contributed by atoms with Crippen LogP contribution >= 0.6 is 0 Å². The van der Waals surface area contributed by atoms with Crippen LogP contribution in [0.2, 0.25) is 0 Å². The number of nitrogens with two attached hydrogens (primary N) is 1. The van der Waals surface area contributed by atoms with Gasteiger partial charge in [-0.1, -0.05) is 0 Å². The van der Waals surface area contributed by atoms with Crippen LogP contribution in [-0.2, 0) is 9.53 Å². The molecule has 3 N–H and O–H groups in total. The van der Waals surface area contributed by atoms with Gasteiger partial charge < -0.3 is 15.6 Å². The summed E-state index contributed by atoms with van der Waals surface area (Å²) >= 11 is 0. The van der Waals surface area contributed by atoms with E-state index in [1.165, 1.54) is 7.11 Å². The summed E-state index contributed by atoms with van der Waals surface area (Å²) in [5.74, 6) is -0.493. The molecule has 1 atom stereocenters. The molecule has 0 aromatic heterocycles. The molecule has 4 nitrogen and oxygen atoms in total. The molecule has 0 heterocycles. The highest BCUT2D eigenvalue weighted by atomic mass is 16.5. The molecular formula is C7H15NO3. The third-order valence-electron chi connectivity index (χ3n) is 1.22. The van der Waals surface area contributed by atoms with E-state index in [9.17, 15) is 9.90 Å². The molecule has 0 saturated heterocycles. The molecule has 0 bridgehead atoms. The van der Waals surface area contributed by atoms with Gasteiger partial charge in [-0.3, -0.25) is 4.79 Å². The predicted octanol–water partition coefficient (Wildman–Crippen LogP) is -0.352. The lowest BCUT2D eigenvalue weighted by Crippen LogP contribution is -2.38. The molecule has 0 aromatic rings. The van der Waals surface area contributed by atoms with Crippen molar-refractivity contribution in [2.75, 3.05) is 7.11 Å². The van der Waals surface area contributed by atoms with Crippen LogP contribution in [0.25, 0.3) is 0 Å². The minimum atomic E-state index is -0.923. The maximum atomic E-state index is 10.7. The second kappa shape index (κ2) is 3.69. The average molecular weight is 161 g/mol. The van der Waals surface area contributed by atoms with E-state index in [1.807, 2.05) is 0 Å². The number of aliphatic hydroxyl groups is 1. The van der Waals surface area contributed by atoms with Crippen molar-refractivity contribution in [3.63, 3.8) is 0 Å². The fourth-order valence-electron chi connectivity index (χ4n) is 0.773. The zero-order valence-electron chi connectivity index (χ0n) is 7.13. The Hall–Kier alpha value is -0.610. The average Bonchev–Trinajstić information content (AvgIpc) is 1.82. The number of ether oxygens (including phenoxy) is 1. The SMILES string of the molecule is COC(=O)C(N)CC(C)(C)O. The minimum absolute atomic E-state index is 0.208. The molecule has 66 valence electrons. The van der Waals surface area contributed by atoms with E-state index in [1.54, 1.807) is 13.8 Å². The standard InChI is InChI=1S/C7H15NO3/c1-7(2,10)4-5(8)6(9)11-3/h5,10H,4,8H2,1-3H3. The third-order valence-corrected chi connectivity index (χ3v) is 1.22. The quantitative estimate of drug-likeness (QED) is 0.555. The van der Waals surface area contributed by atoms with Crippen molar-refractivity contribution in [2.45, 2.75) is 31.9 Å². The van der Waals surface area contributed by atoms with Crippen molar-refractivity contribution in [1.29, 1.82) is 0 Å². The first kappa shape index (κ1) is 10.4. The normalized spacial score (nSPS) is 14.3. The Morgan fingerprint density at radius 1 is 1.73 bits per heavy atom. The van der Waals surface area contributed by atoms with Crippen LogP contribution in [0.1, 0.15) is 20.3 Å². The fourth-order valence-corrected chi connectivity index (χ4v) is 0.773. The van der Waals surface area contributed by atoms with Crippen molar-refractivity contribution in [3.8, 4) is 0 Å². The van der Waals surface area contributed by atoms with Crippen molar-refractivity contribution in [3.05, 3.63) is 0 Å². The molecule has 0 radical (unpaired) electrons. The third kappa shape index (κ3) is 4.75.